The maximum absolute atomic E-state index is 12.2. The number of hydrogen-bond donors (Lipinski definition) is 2. The average Bonchev–Trinajstić information content (AvgIpc) is 2.99. The van der Waals surface area contributed by atoms with Crippen LogP contribution in [-0.2, 0) is 11.2 Å². The molecule has 2 N–H and O–H groups in total. The molecule has 25 heavy (non-hydrogen) atoms. The standard InChI is InChI=1S/C20H18N2O2S/c1-3-4-15-10-24-19-9-13-5-6-14(7-16(13)8-17(15)19)18-11-25(23)12(2)20(21)22-18/h5-10,12,18H,11H2,1-2H3,(H2,21,22). The van der Waals surface area contributed by atoms with Crippen LogP contribution in [0.3, 0.4) is 0 Å². The smallest absolute Gasteiger partial charge is 0.169 e. The second kappa shape index (κ2) is 6.14. The van der Waals surface area contributed by atoms with Crippen molar-refractivity contribution in [3.63, 3.8) is 0 Å². The third-order valence-corrected chi connectivity index (χ3v) is 6.37. The highest BCUT2D eigenvalue weighted by Gasteiger charge is 2.33. The molecule has 1 aliphatic heterocycles. The van der Waals surface area contributed by atoms with Gasteiger partial charge in [0.15, 0.2) is 5.25 Å². The van der Waals surface area contributed by atoms with E-state index in [1.54, 1.807) is 6.26 Å². The SMILES string of the molecule is CC#Cc1coc2cc3ccc(C4C[S+]([O-])C(C)C(=N)N4)cc3cc12. The van der Waals surface area contributed by atoms with E-state index < -0.39 is 11.2 Å². The summed E-state index contributed by atoms with van der Waals surface area (Å²) < 4.78 is 17.8. The van der Waals surface area contributed by atoms with Crippen molar-refractivity contribution in [3.05, 3.63) is 47.7 Å². The van der Waals surface area contributed by atoms with Gasteiger partial charge in [0.05, 0.1) is 11.6 Å². The Kier molecular flexibility index (Phi) is 3.95. The van der Waals surface area contributed by atoms with Crippen molar-refractivity contribution >= 4 is 38.8 Å². The van der Waals surface area contributed by atoms with E-state index in [9.17, 15) is 4.55 Å². The zero-order valence-corrected chi connectivity index (χ0v) is 14.9. The highest BCUT2D eigenvalue weighted by Crippen LogP contribution is 2.30. The lowest BCUT2D eigenvalue weighted by Gasteiger charge is -2.31. The van der Waals surface area contributed by atoms with Crippen LogP contribution in [0.5, 0.6) is 0 Å². The Hall–Kier alpha value is -2.42. The van der Waals surface area contributed by atoms with Gasteiger partial charge in [0.2, 0.25) is 0 Å². The minimum absolute atomic E-state index is 0.0936. The van der Waals surface area contributed by atoms with Gasteiger partial charge in [-0.15, -0.1) is 5.92 Å². The van der Waals surface area contributed by atoms with E-state index >= 15 is 0 Å². The maximum atomic E-state index is 12.2. The first-order chi connectivity index (χ1) is 12.1. The Morgan fingerprint density at radius 1 is 1.28 bits per heavy atom. The highest BCUT2D eigenvalue weighted by atomic mass is 32.2. The van der Waals surface area contributed by atoms with Gasteiger partial charge in [-0.1, -0.05) is 18.1 Å². The second-order valence-corrected chi connectivity index (χ2v) is 8.08. The highest BCUT2D eigenvalue weighted by molar-refractivity contribution is 7.92. The molecule has 3 aromatic rings. The van der Waals surface area contributed by atoms with Crippen molar-refractivity contribution in [1.82, 2.24) is 5.32 Å². The zero-order valence-electron chi connectivity index (χ0n) is 14.1. The lowest BCUT2D eigenvalue weighted by molar-refractivity contribution is 0.565. The summed E-state index contributed by atoms with van der Waals surface area (Å²) in [5, 5.41) is 14.1. The summed E-state index contributed by atoms with van der Waals surface area (Å²) in [7, 11) is 0. The fourth-order valence-electron chi connectivity index (χ4n) is 3.20. The molecular weight excluding hydrogens is 332 g/mol. The molecule has 5 heteroatoms. The molecule has 0 bridgehead atoms. The first kappa shape index (κ1) is 16.1. The fourth-order valence-corrected chi connectivity index (χ4v) is 4.43. The molecule has 3 atom stereocenters. The molecular formula is C20H18N2O2S. The molecule has 0 spiro atoms. The number of furan rings is 1. The summed E-state index contributed by atoms with van der Waals surface area (Å²) >= 11 is -1.02. The van der Waals surface area contributed by atoms with Gasteiger partial charge in [-0.3, -0.25) is 5.41 Å². The van der Waals surface area contributed by atoms with Crippen LogP contribution in [0.25, 0.3) is 21.7 Å². The second-order valence-electron chi connectivity index (χ2n) is 6.28. The molecule has 1 aliphatic rings. The third kappa shape index (κ3) is 2.78. The van der Waals surface area contributed by atoms with Crippen LogP contribution in [-0.4, -0.2) is 21.4 Å². The van der Waals surface area contributed by atoms with E-state index in [2.05, 4.69) is 29.3 Å². The molecule has 1 aromatic heterocycles. The van der Waals surface area contributed by atoms with Crippen LogP contribution in [0.2, 0.25) is 0 Å². The Morgan fingerprint density at radius 3 is 2.88 bits per heavy atom. The van der Waals surface area contributed by atoms with Crippen LogP contribution in [0.1, 0.15) is 31.0 Å². The van der Waals surface area contributed by atoms with E-state index in [4.69, 9.17) is 9.83 Å². The predicted octanol–water partition coefficient (Wildman–Crippen LogP) is 3.72. The van der Waals surface area contributed by atoms with Crippen molar-refractivity contribution in [1.29, 1.82) is 5.41 Å². The van der Waals surface area contributed by atoms with Crippen molar-refractivity contribution < 1.29 is 8.97 Å². The van der Waals surface area contributed by atoms with Gasteiger partial charge >= 0.3 is 0 Å². The number of amidine groups is 1. The minimum Gasteiger partial charge on any atom is -0.616 e. The lowest BCUT2D eigenvalue weighted by atomic mass is 10.0. The predicted molar refractivity (Wildman–Crippen MR) is 102 cm³/mol. The van der Waals surface area contributed by atoms with Crippen LogP contribution < -0.4 is 5.32 Å². The van der Waals surface area contributed by atoms with E-state index in [0.717, 1.165) is 32.9 Å². The summed E-state index contributed by atoms with van der Waals surface area (Å²) in [6, 6.07) is 10.2. The first-order valence-electron chi connectivity index (χ1n) is 8.16. The maximum Gasteiger partial charge on any atom is 0.169 e. The van der Waals surface area contributed by atoms with E-state index in [1.165, 1.54) is 0 Å². The molecule has 0 amide bonds. The van der Waals surface area contributed by atoms with Crippen molar-refractivity contribution in [3.8, 4) is 11.8 Å². The lowest BCUT2D eigenvalue weighted by Crippen LogP contribution is -2.48. The monoisotopic (exact) mass is 350 g/mol. The minimum atomic E-state index is -1.02. The Balaban J connectivity index is 1.78. The van der Waals surface area contributed by atoms with Crippen LogP contribution in [0.15, 0.2) is 41.0 Å². The number of rotatable bonds is 1. The molecule has 0 aliphatic carbocycles. The van der Waals surface area contributed by atoms with Crippen molar-refractivity contribution in [2.24, 2.45) is 0 Å². The fraction of sp³-hybridized carbons (Fsp3) is 0.250. The van der Waals surface area contributed by atoms with Gasteiger partial charge in [0.25, 0.3) is 0 Å². The van der Waals surface area contributed by atoms with E-state index in [0.29, 0.717) is 11.6 Å². The summed E-state index contributed by atoms with van der Waals surface area (Å²) in [6.45, 7) is 3.64. The molecule has 1 fully saturated rings. The van der Waals surface area contributed by atoms with Crippen LogP contribution in [0, 0.1) is 17.3 Å². The van der Waals surface area contributed by atoms with Gasteiger partial charge in [-0.25, -0.2) is 0 Å². The summed E-state index contributed by atoms with van der Waals surface area (Å²) in [4.78, 5) is 0. The number of hydrogen-bond acceptors (Lipinski definition) is 3. The Bertz CT molecular complexity index is 1040. The topological polar surface area (TPSA) is 72.1 Å². The molecule has 1 saturated heterocycles. The molecule has 0 radical (unpaired) electrons. The number of nitrogens with one attached hydrogen (secondary N) is 2. The van der Waals surface area contributed by atoms with E-state index in [1.807, 2.05) is 32.0 Å². The molecule has 2 heterocycles. The Labute approximate surface area is 149 Å². The summed E-state index contributed by atoms with van der Waals surface area (Å²) in [5.74, 6) is 6.85. The van der Waals surface area contributed by atoms with Crippen molar-refractivity contribution in [2.45, 2.75) is 25.1 Å². The van der Waals surface area contributed by atoms with Gasteiger partial charge in [-0.2, -0.15) is 0 Å². The molecule has 4 rings (SSSR count). The van der Waals surface area contributed by atoms with Crippen LogP contribution >= 0.6 is 0 Å². The van der Waals surface area contributed by atoms with Crippen LogP contribution in [0.4, 0.5) is 0 Å². The number of benzene rings is 2. The Morgan fingerprint density at radius 2 is 2.12 bits per heavy atom. The zero-order chi connectivity index (χ0) is 17.6. The van der Waals surface area contributed by atoms with Gasteiger partial charge in [0.1, 0.15) is 23.4 Å². The first-order valence-corrected chi connectivity index (χ1v) is 9.55. The summed E-state index contributed by atoms with van der Waals surface area (Å²) in [6.07, 6.45) is 1.69. The van der Waals surface area contributed by atoms with Gasteiger partial charge in [0, 0.05) is 5.39 Å². The molecule has 126 valence electrons. The number of fused-ring (bicyclic) bond motifs is 2. The molecule has 4 nitrogen and oxygen atoms in total. The van der Waals surface area contributed by atoms with Gasteiger partial charge in [-0.05, 0) is 59.6 Å². The molecule has 2 aromatic carbocycles. The average molecular weight is 350 g/mol. The van der Waals surface area contributed by atoms with E-state index in [-0.39, 0.29) is 11.3 Å². The quantitative estimate of drug-likeness (QED) is 0.519. The van der Waals surface area contributed by atoms with Gasteiger partial charge < -0.3 is 14.3 Å². The largest absolute Gasteiger partial charge is 0.616 e. The summed E-state index contributed by atoms with van der Waals surface area (Å²) in [5.41, 5.74) is 2.76. The van der Waals surface area contributed by atoms with Crippen molar-refractivity contribution in [2.75, 3.05) is 5.75 Å². The third-order valence-electron chi connectivity index (χ3n) is 4.68. The normalized spacial score (nSPS) is 23.3. The molecule has 0 saturated carbocycles. The molecule has 3 unspecified atom stereocenters.